The van der Waals surface area contributed by atoms with Crippen molar-refractivity contribution >= 4 is 22.9 Å². The van der Waals surface area contributed by atoms with E-state index in [0.717, 1.165) is 27.9 Å². The molecular formula is C26H29F2N7O2. The molecule has 4 heterocycles. The number of fused-ring (bicyclic) bond motifs is 1. The number of amides is 1. The van der Waals surface area contributed by atoms with E-state index in [1.54, 1.807) is 32.2 Å². The Morgan fingerprint density at radius 2 is 1.84 bits per heavy atom. The van der Waals surface area contributed by atoms with Crippen LogP contribution in [0.15, 0.2) is 30.6 Å². The Kier molecular flexibility index (Phi) is 6.18. The summed E-state index contributed by atoms with van der Waals surface area (Å²) in [5.74, 6) is -2.20. The Bertz CT molecular complexity index is 1500. The molecule has 0 spiro atoms. The maximum atomic E-state index is 15.0. The van der Waals surface area contributed by atoms with Crippen molar-refractivity contribution in [1.29, 1.82) is 0 Å². The van der Waals surface area contributed by atoms with E-state index in [1.807, 2.05) is 19.2 Å². The Morgan fingerprint density at radius 1 is 1.11 bits per heavy atom. The van der Waals surface area contributed by atoms with Crippen LogP contribution in [0.1, 0.15) is 42.4 Å². The predicted molar refractivity (Wildman–Crippen MR) is 136 cm³/mol. The third-order valence-corrected chi connectivity index (χ3v) is 6.31. The summed E-state index contributed by atoms with van der Waals surface area (Å²) in [6, 6.07) is 4.78. The first-order chi connectivity index (χ1) is 17.5. The number of benzene rings is 1. The number of hydrogen-bond acceptors (Lipinski definition) is 6. The van der Waals surface area contributed by atoms with Gasteiger partial charge in [0.05, 0.1) is 53.9 Å². The van der Waals surface area contributed by atoms with Crippen molar-refractivity contribution in [3.63, 3.8) is 0 Å². The van der Waals surface area contributed by atoms with E-state index in [1.165, 1.54) is 12.1 Å². The summed E-state index contributed by atoms with van der Waals surface area (Å²) in [6.45, 7) is 11.6. The molecule has 0 atom stereocenters. The van der Waals surface area contributed by atoms with E-state index >= 15 is 0 Å². The minimum absolute atomic E-state index is 0.0786. The standard InChI is InChI=1S/C26H29F2N7O2/c1-15-10-19(27)21(31-25(36)18-13-29-35(23(18)28)26(3,4)5)11-17(15)20-12-22(33-6-8-37-9-7-33)24-30-16(2)14-34(24)32-20/h10-14H,6-9H2,1-5H3,(H,31,36). The lowest BCUT2D eigenvalue weighted by Gasteiger charge is -2.29. The average Bonchev–Trinajstić information content (AvgIpc) is 3.42. The molecule has 0 bridgehead atoms. The van der Waals surface area contributed by atoms with Crippen molar-refractivity contribution < 1.29 is 18.3 Å². The molecule has 1 amide bonds. The predicted octanol–water partition coefficient (Wildman–Crippen LogP) is 4.33. The lowest BCUT2D eigenvalue weighted by Crippen LogP contribution is -2.36. The van der Waals surface area contributed by atoms with Crippen LogP contribution in [-0.4, -0.2) is 56.6 Å². The molecule has 5 rings (SSSR count). The lowest BCUT2D eigenvalue weighted by atomic mass is 10.0. The molecule has 4 aromatic rings. The molecule has 1 aliphatic rings. The van der Waals surface area contributed by atoms with Gasteiger partial charge in [-0.1, -0.05) is 0 Å². The Labute approximate surface area is 213 Å². The number of aryl methyl sites for hydroxylation is 2. The quantitative estimate of drug-likeness (QED) is 0.441. The van der Waals surface area contributed by atoms with E-state index in [-0.39, 0.29) is 11.3 Å². The van der Waals surface area contributed by atoms with Gasteiger partial charge in [0, 0.05) is 18.7 Å². The van der Waals surface area contributed by atoms with Gasteiger partial charge < -0.3 is 15.0 Å². The zero-order valence-corrected chi connectivity index (χ0v) is 21.5. The first kappa shape index (κ1) is 24.8. The number of morpholine rings is 1. The molecule has 0 aliphatic carbocycles. The summed E-state index contributed by atoms with van der Waals surface area (Å²) in [5.41, 5.74) is 3.30. The van der Waals surface area contributed by atoms with Crippen molar-refractivity contribution in [3.8, 4) is 11.3 Å². The number of rotatable bonds is 4. The van der Waals surface area contributed by atoms with Crippen molar-refractivity contribution in [2.75, 3.05) is 36.5 Å². The number of anilines is 2. The highest BCUT2D eigenvalue weighted by Crippen LogP contribution is 2.32. The average molecular weight is 510 g/mol. The number of hydrogen-bond donors (Lipinski definition) is 1. The molecule has 37 heavy (non-hydrogen) atoms. The molecule has 3 aromatic heterocycles. The lowest BCUT2D eigenvalue weighted by molar-refractivity contribution is 0.102. The summed E-state index contributed by atoms with van der Waals surface area (Å²) >= 11 is 0. The number of ether oxygens (including phenoxy) is 1. The summed E-state index contributed by atoms with van der Waals surface area (Å²) in [6.07, 6.45) is 2.98. The molecule has 11 heteroatoms. The van der Waals surface area contributed by atoms with Crippen molar-refractivity contribution in [2.45, 2.75) is 40.2 Å². The number of carbonyl (C=O) groups excluding carboxylic acids is 1. The van der Waals surface area contributed by atoms with Crippen molar-refractivity contribution in [1.82, 2.24) is 24.4 Å². The topological polar surface area (TPSA) is 89.6 Å². The number of halogens is 2. The molecule has 0 saturated carbocycles. The molecule has 9 nitrogen and oxygen atoms in total. The molecule has 1 aromatic carbocycles. The summed E-state index contributed by atoms with van der Waals surface area (Å²) in [4.78, 5) is 19.7. The molecule has 1 fully saturated rings. The number of nitrogens with one attached hydrogen (secondary N) is 1. The molecule has 194 valence electrons. The second kappa shape index (κ2) is 9.22. The van der Waals surface area contributed by atoms with Gasteiger partial charge in [0.2, 0.25) is 5.95 Å². The van der Waals surface area contributed by atoms with Gasteiger partial charge in [0.25, 0.3) is 5.91 Å². The third kappa shape index (κ3) is 4.66. The fourth-order valence-corrected chi connectivity index (χ4v) is 4.43. The largest absolute Gasteiger partial charge is 0.378 e. The number of imidazole rings is 1. The van der Waals surface area contributed by atoms with E-state index in [0.29, 0.717) is 43.1 Å². The number of carbonyl (C=O) groups is 1. The Balaban J connectivity index is 1.54. The smallest absolute Gasteiger partial charge is 0.262 e. The maximum Gasteiger partial charge on any atom is 0.262 e. The van der Waals surface area contributed by atoms with Gasteiger partial charge in [-0.05, 0) is 58.4 Å². The third-order valence-electron chi connectivity index (χ3n) is 6.31. The van der Waals surface area contributed by atoms with Crippen LogP contribution in [0.5, 0.6) is 0 Å². The van der Waals surface area contributed by atoms with Crippen LogP contribution < -0.4 is 10.2 Å². The van der Waals surface area contributed by atoms with Crippen molar-refractivity contribution in [3.05, 3.63) is 59.2 Å². The van der Waals surface area contributed by atoms with E-state index < -0.39 is 23.2 Å². The minimum Gasteiger partial charge on any atom is -0.378 e. The van der Waals surface area contributed by atoms with Crippen LogP contribution in [0.4, 0.5) is 20.2 Å². The summed E-state index contributed by atoms with van der Waals surface area (Å²) < 4.78 is 38.2. The zero-order chi connectivity index (χ0) is 26.5. The molecule has 1 N–H and O–H groups in total. The van der Waals surface area contributed by atoms with E-state index in [9.17, 15) is 13.6 Å². The van der Waals surface area contributed by atoms with Gasteiger partial charge in [-0.15, -0.1) is 0 Å². The molecular weight excluding hydrogens is 480 g/mol. The SMILES string of the molecule is Cc1cn2nc(-c3cc(NC(=O)c4cnn(C(C)(C)C)c4F)c(F)cc3C)cc(N3CCOCC3)c2n1. The zero-order valence-electron chi connectivity index (χ0n) is 21.5. The monoisotopic (exact) mass is 509 g/mol. The number of aromatic nitrogens is 5. The van der Waals surface area contributed by atoms with Crippen LogP contribution in [0.2, 0.25) is 0 Å². The highest BCUT2D eigenvalue weighted by Gasteiger charge is 2.26. The summed E-state index contributed by atoms with van der Waals surface area (Å²) in [7, 11) is 0. The second-order valence-corrected chi connectivity index (χ2v) is 10.2. The second-order valence-electron chi connectivity index (χ2n) is 10.2. The fraction of sp³-hybridized carbons (Fsp3) is 0.385. The van der Waals surface area contributed by atoms with Gasteiger partial charge in [0.15, 0.2) is 5.65 Å². The molecule has 0 unspecified atom stereocenters. The van der Waals surface area contributed by atoms with Crippen LogP contribution in [0.25, 0.3) is 16.9 Å². The van der Waals surface area contributed by atoms with Crippen LogP contribution in [-0.2, 0) is 10.3 Å². The highest BCUT2D eigenvalue weighted by molar-refractivity contribution is 6.04. The van der Waals surface area contributed by atoms with Crippen LogP contribution in [0, 0.1) is 25.6 Å². The Hall–Kier alpha value is -3.86. The van der Waals surface area contributed by atoms with Gasteiger partial charge >= 0.3 is 0 Å². The number of nitrogens with zero attached hydrogens (tertiary/aromatic N) is 6. The first-order valence-corrected chi connectivity index (χ1v) is 12.1. The minimum atomic E-state index is -0.788. The van der Waals surface area contributed by atoms with Gasteiger partial charge in [0.1, 0.15) is 11.4 Å². The Morgan fingerprint density at radius 3 is 2.51 bits per heavy atom. The van der Waals surface area contributed by atoms with Gasteiger partial charge in [-0.3, -0.25) is 4.79 Å². The molecule has 0 radical (unpaired) electrons. The van der Waals surface area contributed by atoms with Gasteiger partial charge in [-0.25, -0.2) is 18.6 Å². The fourth-order valence-electron chi connectivity index (χ4n) is 4.43. The molecule has 1 aliphatic heterocycles. The van der Waals surface area contributed by atoms with Crippen LogP contribution in [0.3, 0.4) is 0 Å². The van der Waals surface area contributed by atoms with Crippen molar-refractivity contribution in [2.24, 2.45) is 0 Å². The molecule has 1 saturated heterocycles. The normalized spacial score (nSPS) is 14.4. The van der Waals surface area contributed by atoms with Gasteiger partial charge in [-0.2, -0.15) is 14.6 Å². The van der Waals surface area contributed by atoms with E-state index in [2.05, 4.69) is 20.3 Å². The highest BCUT2D eigenvalue weighted by atomic mass is 19.1. The maximum absolute atomic E-state index is 15.0. The first-order valence-electron chi connectivity index (χ1n) is 12.1. The van der Waals surface area contributed by atoms with E-state index in [4.69, 9.17) is 9.84 Å². The summed E-state index contributed by atoms with van der Waals surface area (Å²) in [5, 5.41) is 11.2. The van der Waals surface area contributed by atoms with Crippen LogP contribution >= 0.6 is 0 Å².